The van der Waals surface area contributed by atoms with E-state index in [4.69, 9.17) is 16.3 Å². The summed E-state index contributed by atoms with van der Waals surface area (Å²) in [5, 5.41) is 8.92. The molecule has 0 atom stereocenters. The first-order valence-electron chi connectivity index (χ1n) is 7.51. The van der Waals surface area contributed by atoms with Crippen molar-refractivity contribution >= 4 is 29.2 Å². The summed E-state index contributed by atoms with van der Waals surface area (Å²) in [6.07, 6.45) is 0.585. The van der Waals surface area contributed by atoms with Crippen molar-refractivity contribution in [3.05, 3.63) is 64.0 Å². The molecule has 1 aliphatic rings. The number of rotatable bonds is 3. The fourth-order valence-electron chi connectivity index (χ4n) is 2.43. The van der Waals surface area contributed by atoms with Gasteiger partial charge in [-0.15, -0.1) is 0 Å². The van der Waals surface area contributed by atoms with Crippen LogP contribution in [0.25, 0.3) is 0 Å². The zero-order chi connectivity index (χ0) is 21.1. The minimum Gasteiger partial charge on any atom is -0.465 e. The number of hydrogen-bond acceptors (Lipinski definition) is 6. The third-order valence-electron chi connectivity index (χ3n) is 3.64. The molecule has 6 nitrogen and oxygen atoms in total. The number of carbonyl (C=O) groups excluding carboxylic acids is 2. The molecule has 2 rings (SSSR count). The molecule has 0 aromatic heterocycles. The predicted octanol–water partition coefficient (Wildman–Crippen LogP) is 3.72. The standard InChI is InChI=1S/C18H12ClF3N2O4/c1-27-16(25)12-5-3-4-6-24(15(12)17(26)28-2)14-10(9-23)7-11(8-13(14)19)18(20,21)22/h3-8H,1-2H3. The van der Waals surface area contributed by atoms with Crippen molar-refractivity contribution in [3.63, 3.8) is 0 Å². The largest absolute Gasteiger partial charge is 0.465 e. The number of nitriles is 1. The maximum Gasteiger partial charge on any atom is 0.416 e. The Balaban J connectivity index is 2.83. The van der Waals surface area contributed by atoms with Gasteiger partial charge in [-0.25, -0.2) is 9.59 Å². The van der Waals surface area contributed by atoms with Crippen LogP contribution in [-0.2, 0) is 25.2 Å². The summed E-state index contributed by atoms with van der Waals surface area (Å²) in [6.45, 7) is 0. The number of methoxy groups -OCH3 is 2. The maximum atomic E-state index is 13.0. The zero-order valence-electron chi connectivity index (χ0n) is 14.5. The summed E-state index contributed by atoms with van der Waals surface area (Å²) in [5.74, 6) is -1.89. The molecule has 0 unspecified atom stereocenters. The van der Waals surface area contributed by atoms with E-state index < -0.39 is 34.3 Å². The predicted molar refractivity (Wildman–Crippen MR) is 93.0 cm³/mol. The highest BCUT2D eigenvalue weighted by Crippen LogP contribution is 2.40. The van der Waals surface area contributed by atoms with Crippen molar-refractivity contribution in [1.29, 1.82) is 5.26 Å². The number of allylic oxidation sites excluding steroid dienone is 2. The van der Waals surface area contributed by atoms with Gasteiger partial charge in [-0.3, -0.25) is 0 Å². The van der Waals surface area contributed by atoms with Gasteiger partial charge in [0.1, 0.15) is 11.8 Å². The van der Waals surface area contributed by atoms with Crippen molar-refractivity contribution in [1.82, 2.24) is 0 Å². The number of alkyl halides is 3. The van der Waals surface area contributed by atoms with Crippen LogP contribution in [0.1, 0.15) is 11.1 Å². The normalized spacial score (nSPS) is 13.8. The Bertz CT molecular complexity index is 959. The van der Waals surface area contributed by atoms with Gasteiger partial charge in [0.2, 0.25) is 0 Å². The van der Waals surface area contributed by atoms with Crippen molar-refractivity contribution in [3.8, 4) is 6.07 Å². The molecule has 0 spiro atoms. The van der Waals surface area contributed by atoms with Crippen molar-refractivity contribution in [2.75, 3.05) is 19.1 Å². The summed E-state index contributed by atoms with van der Waals surface area (Å²) < 4.78 is 48.5. The van der Waals surface area contributed by atoms with Gasteiger partial charge in [-0.1, -0.05) is 17.7 Å². The van der Waals surface area contributed by atoms with Gasteiger partial charge in [-0.2, -0.15) is 18.4 Å². The van der Waals surface area contributed by atoms with Gasteiger partial charge in [0, 0.05) is 6.20 Å². The minimum absolute atomic E-state index is 0.223. The van der Waals surface area contributed by atoms with E-state index in [-0.39, 0.29) is 17.0 Å². The lowest BCUT2D eigenvalue weighted by molar-refractivity contribution is -0.139. The second kappa shape index (κ2) is 8.19. The molecule has 0 bridgehead atoms. The number of nitrogens with zero attached hydrogens (tertiary/aromatic N) is 2. The third-order valence-corrected chi connectivity index (χ3v) is 3.93. The van der Waals surface area contributed by atoms with Crippen LogP contribution < -0.4 is 4.90 Å². The highest BCUT2D eigenvalue weighted by molar-refractivity contribution is 6.34. The van der Waals surface area contributed by atoms with E-state index in [9.17, 15) is 28.0 Å². The minimum atomic E-state index is -4.73. The molecule has 0 amide bonds. The lowest BCUT2D eigenvalue weighted by Crippen LogP contribution is -2.28. The Morgan fingerprint density at radius 1 is 1.14 bits per heavy atom. The average Bonchev–Trinajstić information content (AvgIpc) is 2.87. The Labute approximate surface area is 162 Å². The second-order valence-electron chi connectivity index (χ2n) is 5.28. The quantitative estimate of drug-likeness (QED) is 0.704. The summed E-state index contributed by atoms with van der Waals surface area (Å²) in [4.78, 5) is 25.5. The van der Waals surface area contributed by atoms with E-state index in [1.54, 1.807) is 6.07 Å². The Kier molecular flexibility index (Phi) is 6.16. The van der Waals surface area contributed by atoms with E-state index >= 15 is 0 Å². The molecule has 1 aromatic carbocycles. The van der Waals surface area contributed by atoms with E-state index in [1.807, 2.05) is 0 Å². The molecular formula is C18H12ClF3N2O4. The number of benzene rings is 1. The molecule has 28 heavy (non-hydrogen) atoms. The fourth-order valence-corrected chi connectivity index (χ4v) is 2.74. The van der Waals surface area contributed by atoms with Crippen LogP contribution in [0.2, 0.25) is 5.02 Å². The van der Waals surface area contributed by atoms with E-state index in [0.29, 0.717) is 12.1 Å². The molecule has 146 valence electrons. The number of carbonyl (C=O) groups is 2. The van der Waals surface area contributed by atoms with Crippen molar-refractivity contribution in [2.24, 2.45) is 0 Å². The van der Waals surface area contributed by atoms with E-state index in [0.717, 1.165) is 19.1 Å². The van der Waals surface area contributed by atoms with E-state index in [2.05, 4.69) is 4.74 Å². The summed E-state index contributed by atoms with van der Waals surface area (Å²) in [6, 6.07) is 2.85. The molecule has 1 aromatic rings. The first-order chi connectivity index (χ1) is 13.1. The molecule has 0 aliphatic carbocycles. The Morgan fingerprint density at radius 3 is 2.32 bits per heavy atom. The highest BCUT2D eigenvalue weighted by Gasteiger charge is 2.35. The van der Waals surface area contributed by atoms with Crippen LogP contribution in [-0.4, -0.2) is 26.2 Å². The zero-order valence-corrected chi connectivity index (χ0v) is 15.3. The topological polar surface area (TPSA) is 79.6 Å². The number of ether oxygens (including phenoxy) is 2. The second-order valence-corrected chi connectivity index (χ2v) is 5.69. The molecule has 1 aliphatic heterocycles. The van der Waals surface area contributed by atoms with Crippen LogP contribution in [0.5, 0.6) is 0 Å². The van der Waals surface area contributed by atoms with Crippen LogP contribution in [0.4, 0.5) is 18.9 Å². The first kappa shape index (κ1) is 21.1. The van der Waals surface area contributed by atoms with Crippen LogP contribution in [0.15, 0.2) is 47.8 Å². The van der Waals surface area contributed by atoms with Crippen LogP contribution >= 0.6 is 11.6 Å². The summed E-state index contributed by atoms with van der Waals surface area (Å²) >= 11 is 6.04. The lowest BCUT2D eigenvalue weighted by Gasteiger charge is -2.25. The first-order valence-corrected chi connectivity index (χ1v) is 7.89. The molecule has 0 saturated carbocycles. The molecule has 0 saturated heterocycles. The van der Waals surface area contributed by atoms with Crippen molar-refractivity contribution in [2.45, 2.75) is 6.18 Å². The molecule has 0 fully saturated rings. The Morgan fingerprint density at radius 2 is 1.79 bits per heavy atom. The third kappa shape index (κ3) is 4.02. The van der Waals surface area contributed by atoms with Crippen LogP contribution in [0.3, 0.4) is 0 Å². The van der Waals surface area contributed by atoms with Gasteiger partial charge in [0.15, 0.2) is 0 Å². The summed E-state index contributed by atoms with van der Waals surface area (Å²) in [5.41, 5.74) is -2.43. The lowest BCUT2D eigenvalue weighted by atomic mass is 10.1. The molecule has 0 radical (unpaired) electrons. The number of hydrogen-bond donors (Lipinski definition) is 0. The smallest absolute Gasteiger partial charge is 0.416 e. The van der Waals surface area contributed by atoms with Gasteiger partial charge in [0.25, 0.3) is 0 Å². The number of esters is 2. The van der Waals surface area contributed by atoms with Crippen molar-refractivity contribution < 1.29 is 32.2 Å². The van der Waals surface area contributed by atoms with E-state index in [1.165, 1.54) is 24.4 Å². The maximum absolute atomic E-state index is 13.0. The number of halogens is 4. The average molecular weight is 413 g/mol. The van der Waals surface area contributed by atoms with Gasteiger partial charge in [0.05, 0.1) is 41.6 Å². The fraction of sp³-hybridized carbons (Fsp3) is 0.167. The molecule has 1 heterocycles. The summed E-state index contributed by atoms with van der Waals surface area (Å²) in [7, 11) is 2.15. The molecular weight excluding hydrogens is 401 g/mol. The van der Waals surface area contributed by atoms with Crippen LogP contribution in [0, 0.1) is 11.3 Å². The SMILES string of the molecule is COC(=O)C1=C(C(=O)OC)N(c2c(Cl)cc(C(F)(F)F)cc2C#N)C=CC=C1. The highest BCUT2D eigenvalue weighted by atomic mass is 35.5. The number of anilines is 1. The molecule has 0 N–H and O–H groups in total. The molecule has 10 heteroatoms. The van der Waals surface area contributed by atoms with Gasteiger partial charge in [-0.05, 0) is 24.3 Å². The van der Waals surface area contributed by atoms with Gasteiger partial charge >= 0.3 is 18.1 Å². The monoisotopic (exact) mass is 412 g/mol. The Hall–Kier alpha value is -3.25. The van der Waals surface area contributed by atoms with Gasteiger partial charge < -0.3 is 14.4 Å².